The number of carbonyl (C=O) groups is 1. The number of halogens is 2. The highest BCUT2D eigenvalue weighted by molar-refractivity contribution is 5.68. The monoisotopic (exact) mass is 326 g/mol. The molecule has 1 saturated heterocycles. The fourth-order valence-corrected chi connectivity index (χ4v) is 2.58. The second kappa shape index (κ2) is 7.15. The van der Waals surface area contributed by atoms with Gasteiger partial charge in [-0.15, -0.1) is 0 Å². The minimum atomic E-state index is -0.522. The minimum absolute atomic E-state index is 0.00117. The van der Waals surface area contributed by atoms with Gasteiger partial charge in [0.2, 0.25) is 0 Å². The number of hydrogen-bond acceptors (Lipinski definition) is 3. The summed E-state index contributed by atoms with van der Waals surface area (Å²) in [5.41, 5.74) is -0.355. The average Bonchev–Trinajstić information content (AvgIpc) is 2.67. The molecule has 1 aromatic carbocycles. The summed E-state index contributed by atoms with van der Waals surface area (Å²) >= 11 is 0. The Hall–Kier alpha value is -1.85. The van der Waals surface area contributed by atoms with E-state index in [0.29, 0.717) is 19.5 Å². The molecule has 23 heavy (non-hydrogen) atoms. The van der Waals surface area contributed by atoms with Crippen molar-refractivity contribution in [1.82, 2.24) is 4.90 Å². The molecule has 0 spiro atoms. The fourth-order valence-electron chi connectivity index (χ4n) is 2.58. The SMILES string of the molecule is CC(C)(C)OC(=O)N1CCCC(Nc2cc(F)ccc2F)CC1. The van der Waals surface area contributed by atoms with Crippen LogP contribution in [0.25, 0.3) is 0 Å². The van der Waals surface area contributed by atoms with E-state index in [4.69, 9.17) is 4.74 Å². The van der Waals surface area contributed by atoms with Crippen LogP contribution in [-0.4, -0.2) is 35.7 Å². The van der Waals surface area contributed by atoms with E-state index in [1.165, 1.54) is 0 Å². The Labute approximate surface area is 135 Å². The molecular formula is C17H24F2N2O2. The fraction of sp³-hybridized carbons (Fsp3) is 0.588. The van der Waals surface area contributed by atoms with E-state index in [0.717, 1.165) is 31.0 Å². The van der Waals surface area contributed by atoms with Gasteiger partial charge in [0.1, 0.15) is 17.2 Å². The largest absolute Gasteiger partial charge is 0.444 e. The molecule has 1 aromatic rings. The number of nitrogens with one attached hydrogen (secondary N) is 1. The average molecular weight is 326 g/mol. The van der Waals surface area contributed by atoms with Crippen molar-refractivity contribution in [2.24, 2.45) is 0 Å². The smallest absolute Gasteiger partial charge is 0.410 e. The van der Waals surface area contributed by atoms with Crippen LogP contribution in [0.3, 0.4) is 0 Å². The Balaban J connectivity index is 1.93. The molecule has 4 nitrogen and oxygen atoms in total. The summed E-state index contributed by atoms with van der Waals surface area (Å²) in [6, 6.07) is 3.36. The van der Waals surface area contributed by atoms with Gasteiger partial charge >= 0.3 is 6.09 Å². The lowest BCUT2D eigenvalue weighted by molar-refractivity contribution is 0.0256. The Bertz CT molecular complexity index is 558. The molecule has 1 atom stereocenters. The molecule has 1 amide bonds. The van der Waals surface area contributed by atoms with Crippen molar-refractivity contribution in [3.05, 3.63) is 29.8 Å². The number of hydrogen-bond donors (Lipinski definition) is 1. The van der Waals surface area contributed by atoms with Crippen LogP contribution in [0.15, 0.2) is 18.2 Å². The second-order valence-electron chi connectivity index (χ2n) is 6.86. The molecule has 1 unspecified atom stereocenters. The Morgan fingerprint density at radius 2 is 2.00 bits per heavy atom. The maximum atomic E-state index is 13.7. The van der Waals surface area contributed by atoms with E-state index >= 15 is 0 Å². The van der Waals surface area contributed by atoms with Gasteiger partial charge in [-0.2, -0.15) is 0 Å². The number of nitrogens with zero attached hydrogens (tertiary/aromatic N) is 1. The molecule has 0 bridgehead atoms. The molecule has 0 saturated carbocycles. The normalized spacial score (nSPS) is 19.2. The molecule has 1 heterocycles. The van der Waals surface area contributed by atoms with E-state index in [1.807, 2.05) is 20.8 Å². The summed E-state index contributed by atoms with van der Waals surface area (Å²) in [7, 11) is 0. The predicted octanol–water partition coefficient (Wildman–Crippen LogP) is 4.17. The highest BCUT2D eigenvalue weighted by atomic mass is 19.1. The first-order valence-electron chi connectivity index (χ1n) is 7.94. The van der Waals surface area contributed by atoms with Crippen LogP contribution >= 0.6 is 0 Å². The lowest BCUT2D eigenvalue weighted by Gasteiger charge is -2.26. The molecule has 2 rings (SSSR count). The maximum absolute atomic E-state index is 13.7. The van der Waals surface area contributed by atoms with E-state index in [2.05, 4.69) is 5.32 Å². The molecule has 1 aliphatic heterocycles. The molecule has 0 aliphatic carbocycles. The molecule has 128 valence electrons. The minimum Gasteiger partial charge on any atom is -0.444 e. The van der Waals surface area contributed by atoms with Crippen LogP contribution in [0.1, 0.15) is 40.0 Å². The molecule has 1 fully saturated rings. The zero-order valence-corrected chi connectivity index (χ0v) is 13.9. The number of ether oxygens (including phenoxy) is 1. The number of benzene rings is 1. The van der Waals surface area contributed by atoms with Crippen LogP contribution in [0.5, 0.6) is 0 Å². The van der Waals surface area contributed by atoms with Crippen molar-refractivity contribution >= 4 is 11.8 Å². The number of anilines is 1. The number of carbonyl (C=O) groups excluding carboxylic acids is 1. The van der Waals surface area contributed by atoms with E-state index in [9.17, 15) is 13.6 Å². The standard InChI is InChI=1S/C17H24F2N2O2/c1-17(2,3)23-16(22)21-9-4-5-13(8-10-21)20-15-11-12(18)6-7-14(15)19/h6-7,11,13,20H,4-5,8-10H2,1-3H3. The zero-order valence-electron chi connectivity index (χ0n) is 13.9. The van der Waals surface area contributed by atoms with Gasteiger partial charge in [0, 0.05) is 19.1 Å². The summed E-state index contributed by atoms with van der Waals surface area (Å²) in [6.45, 7) is 6.64. The lowest BCUT2D eigenvalue weighted by Crippen LogP contribution is -2.37. The van der Waals surface area contributed by atoms with Crippen molar-refractivity contribution in [1.29, 1.82) is 0 Å². The summed E-state index contributed by atoms with van der Waals surface area (Å²) in [5, 5.41) is 3.04. The topological polar surface area (TPSA) is 41.6 Å². The first-order chi connectivity index (χ1) is 10.7. The third kappa shape index (κ3) is 5.37. The number of likely N-dealkylation sites (tertiary alicyclic amines) is 1. The summed E-state index contributed by atoms with van der Waals surface area (Å²) in [6.07, 6.45) is 1.91. The molecular weight excluding hydrogens is 302 g/mol. The Morgan fingerprint density at radius 3 is 2.70 bits per heavy atom. The number of amides is 1. The van der Waals surface area contributed by atoms with Gasteiger partial charge in [0.15, 0.2) is 0 Å². The van der Waals surface area contributed by atoms with Crippen LogP contribution in [-0.2, 0) is 4.74 Å². The van der Waals surface area contributed by atoms with Crippen LogP contribution in [0.4, 0.5) is 19.3 Å². The van der Waals surface area contributed by atoms with Crippen LogP contribution in [0.2, 0.25) is 0 Å². The molecule has 0 radical (unpaired) electrons. The van der Waals surface area contributed by atoms with Gasteiger partial charge in [-0.1, -0.05) is 0 Å². The summed E-state index contributed by atoms with van der Waals surface area (Å²) in [5.74, 6) is -0.947. The first kappa shape index (κ1) is 17.5. The van der Waals surface area contributed by atoms with E-state index in [-0.39, 0.29) is 17.8 Å². The zero-order chi connectivity index (χ0) is 17.0. The van der Waals surface area contributed by atoms with Crippen molar-refractivity contribution < 1.29 is 18.3 Å². The van der Waals surface area contributed by atoms with E-state index < -0.39 is 17.2 Å². The van der Waals surface area contributed by atoms with Crippen molar-refractivity contribution in [3.63, 3.8) is 0 Å². The quantitative estimate of drug-likeness (QED) is 0.887. The third-order valence-corrected chi connectivity index (χ3v) is 3.67. The second-order valence-corrected chi connectivity index (χ2v) is 6.86. The molecule has 1 aliphatic rings. The Kier molecular flexibility index (Phi) is 5.44. The van der Waals surface area contributed by atoms with Crippen molar-refractivity contribution in [2.45, 2.75) is 51.7 Å². The third-order valence-electron chi connectivity index (χ3n) is 3.67. The molecule has 0 aromatic heterocycles. The van der Waals surface area contributed by atoms with E-state index in [1.54, 1.807) is 4.90 Å². The highest BCUT2D eigenvalue weighted by Crippen LogP contribution is 2.21. The Morgan fingerprint density at radius 1 is 1.26 bits per heavy atom. The van der Waals surface area contributed by atoms with Gasteiger partial charge in [-0.25, -0.2) is 13.6 Å². The van der Waals surface area contributed by atoms with Crippen LogP contribution in [0, 0.1) is 11.6 Å². The van der Waals surface area contributed by atoms with Gasteiger partial charge in [0.25, 0.3) is 0 Å². The van der Waals surface area contributed by atoms with Crippen molar-refractivity contribution in [2.75, 3.05) is 18.4 Å². The maximum Gasteiger partial charge on any atom is 0.410 e. The van der Waals surface area contributed by atoms with Crippen molar-refractivity contribution in [3.8, 4) is 0 Å². The van der Waals surface area contributed by atoms with Gasteiger partial charge in [-0.05, 0) is 58.2 Å². The lowest BCUT2D eigenvalue weighted by atomic mass is 10.1. The summed E-state index contributed by atoms with van der Waals surface area (Å²) in [4.78, 5) is 13.8. The predicted molar refractivity (Wildman–Crippen MR) is 85.4 cm³/mol. The number of rotatable bonds is 2. The van der Waals surface area contributed by atoms with Crippen LogP contribution < -0.4 is 5.32 Å². The first-order valence-corrected chi connectivity index (χ1v) is 7.94. The summed E-state index contributed by atoms with van der Waals surface area (Å²) < 4.78 is 32.3. The van der Waals surface area contributed by atoms with Gasteiger partial charge < -0.3 is 15.0 Å². The van der Waals surface area contributed by atoms with Gasteiger partial charge in [0.05, 0.1) is 5.69 Å². The van der Waals surface area contributed by atoms with Gasteiger partial charge in [-0.3, -0.25) is 0 Å². The molecule has 6 heteroatoms. The molecule has 1 N–H and O–H groups in total. The highest BCUT2D eigenvalue weighted by Gasteiger charge is 2.25.